The van der Waals surface area contributed by atoms with Crippen LogP contribution in [0.3, 0.4) is 0 Å². The Bertz CT molecular complexity index is 834. The summed E-state index contributed by atoms with van der Waals surface area (Å²) in [4.78, 5) is 16.6. The maximum Gasteiger partial charge on any atom is 0.244 e. The number of benzene rings is 1. The van der Waals surface area contributed by atoms with Gasteiger partial charge in [-0.15, -0.1) is 0 Å². The van der Waals surface area contributed by atoms with Crippen LogP contribution in [0.25, 0.3) is 10.2 Å². The van der Waals surface area contributed by atoms with E-state index in [2.05, 4.69) is 10.3 Å². The van der Waals surface area contributed by atoms with Gasteiger partial charge in [-0.1, -0.05) is 29.0 Å². The Morgan fingerprint density at radius 2 is 2.27 bits per heavy atom. The van der Waals surface area contributed by atoms with Crippen LogP contribution in [0.4, 0.5) is 5.13 Å². The summed E-state index contributed by atoms with van der Waals surface area (Å²) in [5.41, 5.74) is 0.635. The van der Waals surface area contributed by atoms with Gasteiger partial charge in [-0.25, -0.2) is 13.4 Å². The minimum absolute atomic E-state index is 0.349. The van der Waals surface area contributed by atoms with Crippen LogP contribution in [0, 0.1) is 0 Å². The first-order valence-corrected chi connectivity index (χ1v) is 9.73. The number of carbonyl (C=O) groups is 1. The van der Waals surface area contributed by atoms with Crippen LogP contribution in [0.15, 0.2) is 18.2 Å². The number of amides is 1. The molecule has 3 rings (SSSR count). The molecule has 1 fully saturated rings. The number of fused-ring (bicyclic) bond motifs is 1. The van der Waals surface area contributed by atoms with Gasteiger partial charge in [-0.3, -0.25) is 4.79 Å². The Balaban J connectivity index is 1.82. The zero-order valence-corrected chi connectivity index (χ0v) is 14.1. The van der Waals surface area contributed by atoms with E-state index in [0.29, 0.717) is 35.1 Å². The summed E-state index contributed by atoms with van der Waals surface area (Å²) in [6.07, 6.45) is 2.32. The molecule has 0 spiro atoms. The maximum absolute atomic E-state index is 12.4. The number of aromatic nitrogens is 1. The molecular weight excluding hydrogens is 346 g/mol. The van der Waals surface area contributed by atoms with Gasteiger partial charge in [-0.05, 0) is 25.0 Å². The SMILES string of the molecule is CS(=O)(=O)N1CCCC1C(=O)Nc1nc2c(Cl)cccc2s1. The molecule has 1 unspecified atom stereocenters. The van der Waals surface area contributed by atoms with Crippen molar-refractivity contribution in [1.29, 1.82) is 0 Å². The molecule has 0 radical (unpaired) electrons. The van der Waals surface area contributed by atoms with E-state index in [0.717, 1.165) is 11.0 Å². The number of nitrogens with one attached hydrogen (secondary N) is 1. The highest BCUT2D eigenvalue weighted by Crippen LogP contribution is 2.31. The van der Waals surface area contributed by atoms with Gasteiger partial charge in [0.2, 0.25) is 15.9 Å². The molecule has 1 amide bonds. The monoisotopic (exact) mass is 359 g/mol. The third-order valence-corrected chi connectivity index (χ3v) is 6.06. The molecule has 2 heterocycles. The normalized spacial score (nSPS) is 19.6. The Morgan fingerprint density at radius 1 is 1.50 bits per heavy atom. The third-order valence-electron chi connectivity index (χ3n) is 3.53. The van der Waals surface area contributed by atoms with E-state index >= 15 is 0 Å². The van der Waals surface area contributed by atoms with Gasteiger partial charge in [0.1, 0.15) is 11.6 Å². The summed E-state index contributed by atoms with van der Waals surface area (Å²) < 4.78 is 25.5. The highest BCUT2D eigenvalue weighted by molar-refractivity contribution is 7.88. The Labute approximate surface area is 137 Å². The number of carbonyl (C=O) groups excluding carboxylic acids is 1. The number of thiazole rings is 1. The number of rotatable bonds is 3. The molecule has 2 aromatic rings. The number of halogens is 1. The molecule has 1 aliphatic rings. The van der Waals surface area contributed by atoms with Crippen molar-refractivity contribution in [3.05, 3.63) is 23.2 Å². The Hall–Kier alpha value is -1.22. The number of nitrogens with zero attached hydrogens (tertiary/aromatic N) is 2. The summed E-state index contributed by atoms with van der Waals surface area (Å²) >= 11 is 7.37. The Morgan fingerprint density at radius 3 is 2.95 bits per heavy atom. The molecular formula is C13H14ClN3O3S2. The number of hydrogen-bond donors (Lipinski definition) is 1. The zero-order valence-electron chi connectivity index (χ0n) is 11.7. The first kappa shape index (κ1) is 15.7. The fourth-order valence-corrected chi connectivity index (χ4v) is 4.85. The van der Waals surface area contributed by atoms with E-state index in [1.165, 1.54) is 15.6 Å². The molecule has 1 saturated heterocycles. The van der Waals surface area contributed by atoms with Crippen molar-refractivity contribution < 1.29 is 13.2 Å². The number of anilines is 1. The summed E-state index contributed by atoms with van der Waals surface area (Å²) in [6, 6.07) is 4.75. The van der Waals surface area contributed by atoms with Gasteiger partial charge in [0.05, 0.1) is 16.0 Å². The smallest absolute Gasteiger partial charge is 0.244 e. The van der Waals surface area contributed by atoms with Crippen molar-refractivity contribution in [2.24, 2.45) is 0 Å². The number of para-hydroxylation sites is 1. The fourth-order valence-electron chi connectivity index (χ4n) is 2.56. The summed E-state index contributed by atoms with van der Waals surface area (Å²) in [5.74, 6) is -0.349. The van der Waals surface area contributed by atoms with Crippen LogP contribution in [0.2, 0.25) is 5.02 Å². The largest absolute Gasteiger partial charge is 0.301 e. The average molecular weight is 360 g/mol. The van der Waals surface area contributed by atoms with Crippen LogP contribution in [0.1, 0.15) is 12.8 Å². The van der Waals surface area contributed by atoms with Crippen LogP contribution >= 0.6 is 22.9 Å². The van der Waals surface area contributed by atoms with Crippen molar-refractivity contribution in [2.45, 2.75) is 18.9 Å². The molecule has 0 saturated carbocycles. The first-order chi connectivity index (χ1) is 10.4. The summed E-state index contributed by atoms with van der Waals surface area (Å²) in [6.45, 7) is 0.378. The van der Waals surface area contributed by atoms with E-state index in [1.54, 1.807) is 6.07 Å². The topological polar surface area (TPSA) is 79.4 Å². The fraction of sp³-hybridized carbons (Fsp3) is 0.385. The molecule has 1 N–H and O–H groups in total. The first-order valence-electron chi connectivity index (χ1n) is 6.69. The maximum atomic E-state index is 12.4. The van der Waals surface area contributed by atoms with Crippen LogP contribution in [0.5, 0.6) is 0 Å². The lowest BCUT2D eigenvalue weighted by molar-refractivity contribution is -0.119. The van der Waals surface area contributed by atoms with Gasteiger partial charge < -0.3 is 5.32 Å². The van der Waals surface area contributed by atoms with Gasteiger partial charge >= 0.3 is 0 Å². The molecule has 1 aliphatic heterocycles. The third kappa shape index (κ3) is 2.96. The van der Waals surface area contributed by atoms with Crippen molar-refractivity contribution >= 4 is 54.2 Å². The highest BCUT2D eigenvalue weighted by Gasteiger charge is 2.36. The van der Waals surface area contributed by atoms with Crippen molar-refractivity contribution in [3.8, 4) is 0 Å². The average Bonchev–Trinajstić information content (AvgIpc) is 3.04. The van der Waals surface area contributed by atoms with Gasteiger partial charge in [0.25, 0.3) is 0 Å². The predicted octanol–water partition coefficient (Wildman–Crippen LogP) is 2.31. The van der Waals surface area contributed by atoms with Crippen molar-refractivity contribution in [2.75, 3.05) is 18.1 Å². The highest BCUT2D eigenvalue weighted by atomic mass is 35.5. The molecule has 1 aromatic carbocycles. The molecule has 1 aromatic heterocycles. The van der Waals surface area contributed by atoms with Crippen LogP contribution < -0.4 is 5.32 Å². The van der Waals surface area contributed by atoms with Crippen LogP contribution in [-0.2, 0) is 14.8 Å². The molecule has 9 heteroatoms. The molecule has 0 bridgehead atoms. The van der Waals surface area contributed by atoms with E-state index in [1.807, 2.05) is 12.1 Å². The molecule has 22 heavy (non-hydrogen) atoms. The second-order valence-corrected chi connectivity index (χ2v) is 8.50. The minimum Gasteiger partial charge on any atom is -0.301 e. The van der Waals surface area contributed by atoms with Gasteiger partial charge in [-0.2, -0.15) is 4.31 Å². The van der Waals surface area contributed by atoms with Crippen molar-refractivity contribution in [1.82, 2.24) is 9.29 Å². The Kier molecular flexibility index (Phi) is 4.11. The number of sulfonamides is 1. The second kappa shape index (κ2) is 5.77. The van der Waals surface area contributed by atoms with Crippen LogP contribution in [-0.4, -0.2) is 42.5 Å². The quantitative estimate of drug-likeness (QED) is 0.912. The molecule has 0 aliphatic carbocycles. The van der Waals surface area contributed by atoms with Crippen molar-refractivity contribution in [3.63, 3.8) is 0 Å². The molecule has 6 nitrogen and oxygen atoms in total. The van der Waals surface area contributed by atoms with Gasteiger partial charge in [0.15, 0.2) is 5.13 Å². The molecule has 118 valence electrons. The number of hydrogen-bond acceptors (Lipinski definition) is 5. The summed E-state index contributed by atoms with van der Waals surface area (Å²) in [7, 11) is -3.39. The van der Waals surface area contributed by atoms with E-state index < -0.39 is 16.1 Å². The lowest BCUT2D eigenvalue weighted by atomic mass is 10.2. The predicted molar refractivity (Wildman–Crippen MR) is 87.8 cm³/mol. The lowest BCUT2D eigenvalue weighted by Crippen LogP contribution is -2.42. The minimum atomic E-state index is -3.39. The lowest BCUT2D eigenvalue weighted by Gasteiger charge is -2.20. The van der Waals surface area contributed by atoms with E-state index in [4.69, 9.17) is 11.6 Å². The van der Waals surface area contributed by atoms with E-state index in [-0.39, 0.29) is 5.91 Å². The zero-order chi connectivity index (χ0) is 15.9. The molecule has 1 atom stereocenters. The summed E-state index contributed by atoms with van der Waals surface area (Å²) in [5, 5.41) is 3.65. The second-order valence-electron chi connectivity index (χ2n) is 5.13. The van der Waals surface area contributed by atoms with Gasteiger partial charge in [0, 0.05) is 6.54 Å². The van der Waals surface area contributed by atoms with E-state index in [9.17, 15) is 13.2 Å². The standard InChI is InChI=1S/C13H14ClN3O3S2/c1-22(19,20)17-7-3-5-9(17)12(18)16-13-15-11-8(14)4-2-6-10(11)21-13/h2,4,6,9H,3,5,7H2,1H3,(H,15,16,18).